The number of ether oxygens (including phenoxy) is 1. The van der Waals surface area contributed by atoms with Crippen LogP contribution in [-0.2, 0) is 5.41 Å². The van der Waals surface area contributed by atoms with Crippen LogP contribution in [-0.4, -0.2) is 35.7 Å². The van der Waals surface area contributed by atoms with Crippen molar-refractivity contribution in [1.29, 1.82) is 0 Å². The van der Waals surface area contributed by atoms with Crippen LogP contribution in [0.5, 0.6) is 5.75 Å². The monoisotopic (exact) mass is 1170 g/mol. The van der Waals surface area contributed by atoms with E-state index in [0.29, 0.717) is 68.5 Å². The Hall–Kier alpha value is -7.26. The molecule has 0 radical (unpaired) electrons. The highest BCUT2D eigenvalue weighted by molar-refractivity contribution is 5.86. The number of fused-ring (bicyclic) bond motifs is 6. The minimum Gasteiger partial charge on any atom is -0.485 e. The van der Waals surface area contributed by atoms with Gasteiger partial charge in [-0.15, -0.1) is 6.58 Å². The van der Waals surface area contributed by atoms with Gasteiger partial charge in [-0.1, -0.05) is 121 Å². The van der Waals surface area contributed by atoms with Crippen LogP contribution in [0.2, 0.25) is 0 Å². The molecule has 0 saturated carbocycles. The third-order valence-electron chi connectivity index (χ3n) is 22.1. The lowest BCUT2D eigenvalue weighted by Gasteiger charge is -2.48. The van der Waals surface area contributed by atoms with Gasteiger partial charge in [0.15, 0.2) is 0 Å². The van der Waals surface area contributed by atoms with Gasteiger partial charge in [-0.05, 0) is 220 Å². The Morgan fingerprint density at radius 3 is 2.21 bits per heavy atom. The SMILES string of the molecule is C=CC1=CCC(C2(C3C=CC(F)CC3)C3=C(CCC(N(c4ccc5c(c4)OC4C=C(N(C6=CC7=C(CC6)C6=C(C=CCC6)C7(C6=CCC(F)CC6)C6C=CC(C=C)CC6)C6=CCC(F)CC6F)C=CC54)c4ccc(F)cc4F)=C3)c3ccccc32)CC1. The quantitative estimate of drug-likeness (QED) is 0.133. The summed E-state index contributed by atoms with van der Waals surface area (Å²) in [5.74, 6) is -0.282. The molecule has 12 unspecified atom stereocenters. The van der Waals surface area contributed by atoms with Gasteiger partial charge in [-0.2, -0.15) is 0 Å². The van der Waals surface area contributed by atoms with E-state index in [9.17, 15) is 0 Å². The number of alkyl halides is 4. The first kappa shape index (κ1) is 56.3. The molecule has 15 rings (SSSR count). The third-order valence-corrected chi connectivity index (χ3v) is 22.1. The van der Waals surface area contributed by atoms with E-state index in [1.807, 2.05) is 29.2 Å². The summed E-state index contributed by atoms with van der Waals surface area (Å²) in [4.78, 5) is 4.01. The number of nitrogens with zero attached hydrogens (tertiary/aromatic N) is 2. The van der Waals surface area contributed by atoms with Gasteiger partial charge in [-0.25, -0.2) is 26.3 Å². The van der Waals surface area contributed by atoms with Crippen molar-refractivity contribution in [1.82, 2.24) is 4.90 Å². The second-order valence-electron chi connectivity index (χ2n) is 26.4. The van der Waals surface area contributed by atoms with E-state index < -0.39 is 53.3 Å². The average molecular weight is 1170 g/mol. The van der Waals surface area contributed by atoms with Crippen molar-refractivity contribution < 1.29 is 31.1 Å². The number of halogens is 6. The highest BCUT2D eigenvalue weighted by atomic mass is 19.2. The van der Waals surface area contributed by atoms with Gasteiger partial charge < -0.3 is 14.5 Å². The third kappa shape index (κ3) is 9.18. The van der Waals surface area contributed by atoms with E-state index >= 15 is 26.3 Å². The summed E-state index contributed by atoms with van der Waals surface area (Å²) in [5, 5.41) is 0. The van der Waals surface area contributed by atoms with Gasteiger partial charge in [0, 0.05) is 63.6 Å². The first-order valence-corrected chi connectivity index (χ1v) is 32.4. The van der Waals surface area contributed by atoms with Gasteiger partial charge in [0.1, 0.15) is 48.2 Å². The number of hydrogen-bond acceptors (Lipinski definition) is 3. The molecule has 446 valence electrons. The molecule has 0 fully saturated rings. The maximum absolute atomic E-state index is 16.9. The van der Waals surface area contributed by atoms with Crippen molar-refractivity contribution >= 4 is 16.9 Å². The molecular weight excluding hydrogens is 1090 g/mol. The second kappa shape index (κ2) is 22.4. The summed E-state index contributed by atoms with van der Waals surface area (Å²) in [5.41, 5.74) is 16.7. The van der Waals surface area contributed by atoms with E-state index in [1.54, 1.807) is 12.2 Å². The molecule has 0 bridgehead atoms. The van der Waals surface area contributed by atoms with Gasteiger partial charge in [0.05, 0.1) is 11.4 Å². The van der Waals surface area contributed by atoms with Crippen molar-refractivity contribution in [2.24, 2.45) is 29.1 Å². The molecule has 3 aromatic carbocycles. The molecule has 87 heavy (non-hydrogen) atoms. The molecule has 12 atom stereocenters. The van der Waals surface area contributed by atoms with Crippen molar-refractivity contribution in [2.75, 3.05) is 4.90 Å². The summed E-state index contributed by atoms with van der Waals surface area (Å²) < 4.78 is 101. The summed E-state index contributed by atoms with van der Waals surface area (Å²) >= 11 is 0. The standard InChI is InChI=1S/C78H76F6N2O/c1-3-47-13-17-49(18-14-47)77(51-21-25-53(79)26-22-51)67-11-7-5-9-61(67)63-35-31-57(43-69(63)77)85(73-39-29-55(81)41-71(73)83)59-33-37-65-66-38-34-60(46-76(66)87-75(65)45-59)86(74-40-30-56(82)42-72(74)84)58-32-36-64-62-10-6-8-12-68(62)78(70(64)44-58,52-23-27-54(80)28-24-52)50-19-15-48(4-2)16-20-50/h3-5,7-9,11-13,15,19,21,23,25,29,33-34,37-41,43-46,48-51,53-54,56,66,72,76H,1-2,6,10,14,16-18,20,22,24,26-28,30-32,35-36,42H2. The number of hydrogen-bond donors (Lipinski definition) is 0. The van der Waals surface area contributed by atoms with Crippen LogP contribution in [0.4, 0.5) is 37.7 Å². The van der Waals surface area contributed by atoms with Crippen LogP contribution in [0.1, 0.15) is 138 Å². The summed E-state index contributed by atoms with van der Waals surface area (Å²) in [7, 11) is 0. The maximum atomic E-state index is 16.9. The van der Waals surface area contributed by atoms with E-state index in [2.05, 4.69) is 121 Å². The molecule has 1 aliphatic heterocycles. The molecule has 0 N–H and O–H groups in total. The van der Waals surface area contributed by atoms with Gasteiger partial charge in [-0.3, -0.25) is 0 Å². The van der Waals surface area contributed by atoms with Crippen LogP contribution < -0.4 is 9.64 Å². The number of anilines is 2. The fourth-order valence-corrected chi connectivity index (χ4v) is 18.2. The molecule has 3 nitrogen and oxygen atoms in total. The number of allylic oxidation sites excluding steroid dienone is 25. The Bertz CT molecular complexity index is 3810. The zero-order valence-corrected chi connectivity index (χ0v) is 49.5. The fraction of sp³-hybridized carbons (Fsp3) is 0.385. The first-order chi connectivity index (χ1) is 42.5. The molecule has 12 aliphatic rings. The van der Waals surface area contributed by atoms with E-state index in [0.717, 1.165) is 80.1 Å². The summed E-state index contributed by atoms with van der Waals surface area (Å²) in [6, 6.07) is 18.6. The Kier molecular flexibility index (Phi) is 14.5. The second-order valence-corrected chi connectivity index (χ2v) is 26.4. The predicted octanol–water partition coefficient (Wildman–Crippen LogP) is 20.5. The van der Waals surface area contributed by atoms with E-state index in [1.165, 1.54) is 67.8 Å². The van der Waals surface area contributed by atoms with Crippen LogP contribution in [0.15, 0.2) is 233 Å². The minimum atomic E-state index is -1.54. The van der Waals surface area contributed by atoms with Crippen molar-refractivity contribution in [3.05, 3.63) is 261 Å². The molecular formula is C78H76F6N2O. The molecule has 0 amide bonds. The van der Waals surface area contributed by atoms with Gasteiger partial charge >= 0.3 is 0 Å². The van der Waals surface area contributed by atoms with Crippen molar-refractivity contribution in [2.45, 2.75) is 158 Å². The van der Waals surface area contributed by atoms with Gasteiger partial charge in [0.2, 0.25) is 0 Å². The van der Waals surface area contributed by atoms with E-state index in [4.69, 9.17) is 4.74 Å². The Morgan fingerprint density at radius 1 is 0.644 bits per heavy atom. The Labute approximate surface area is 509 Å². The lowest BCUT2D eigenvalue weighted by Crippen LogP contribution is -2.44. The zero-order valence-electron chi connectivity index (χ0n) is 49.5. The Morgan fingerprint density at radius 2 is 1.45 bits per heavy atom. The zero-order chi connectivity index (χ0) is 59.3. The molecule has 0 aromatic heterocycles. The van der Waals surface area contributed by atoms with E-state index in [-0.39, 0.29) is 48.1 Å². The number of rotatable bonds is 12. The summed E-state index contributed by atoms with van der Waals surface area (Å²) in [6.07, 6.45) is 41.0. The lowest BCUT2D eigenvalue weighted by molar-refractivity contribution is 0.201. The van der Waals surface area contributed by atoms with Crippen LogP contribution >= 0.6 is 0 Å². The van der Waals surface area contributed by atoms with Crippen molar-refractivity contribution in [3.8, 4) is 5.75 Å². The topological polar surface area (TPSA) is 15.7 Å². The predicted molar refractivity (Wildman–Crippen MR) is 338 cm³/mol. The molecule has 3 aromatic rings. The molecule has 0 saturated heterocycles. The largest absolute Gasteiger partial charge is 0.485 e. The average Bonchev–Trinajstić information content (AvgIpc) is 1.58. The maximum Gasteiger partial charge on any atom is 0.150 e. The van der Waals surface area contributed by atoms with Crippen molar-refractivity contribution in [3.63, 3.8) is 0 Å². The Balaban J connectivity index is 0.815. The summed E-state index contributed by atoms with van der Waals surface area (Å²) in [6.45, 7) is 8.25. The van der Waals surface area contributed by atoms with Crippen LogP contribution in [0.3, 0.4) is 0 Å². The molecule has 1 heterocycles. The molecule has 11 aliphatic carbocycles. The van der Waals surface area contributed by atoms with Gasteiger partial charge in [0.25, 0.3) is 0 Å². The van der Waals surface area contributed by atoms with Crippen LogP contribution in [0, 0.1) is 40.7 Å². The minimum absolute atomic E-state index is 0.0219. The molecule has 0 spiro atoms. The highest BCUT2D eigenvalue weighted by Gasteiger charge is 2.56. The first-order valence-electron chi connectivity index (χ1n) is 32.4. The molecule has 9 heteroatoms. The number of benzene rings is 3. The fourth-order valence-electron chi connectivity index (χ4n) is 18.2. The lowest BCUT2D eigenvalue weighted by atomic mass is 9.55. The van der Waals surface area contributed by atoms with Crippen LogP contribution in [0.25, 0.3) is 5.57 Å². The highest BCUT2D eigenvalue weighted by Crippen LogP contribution is 2.66. The normalized spacial score (nSPS) is 32.9. The smallest absolute Gasteiger partial charge is 0.150 e.